The number of hydrogen-bond donors (Lipinski definition) is 1. The maximum absolute atomic E-state index is 13.2. The lowest BCUT2D eigenvalue weighted by Gasteiger charge is -2.05. The molecule has 0 unspecified atom stereocenters. The predicted molar refractivity (Wildman–Crippen MR) is 53.0 cm³/mol. The molecule has 0 radical (unpaired) electrons. The Morgan fingerprint density at radius 3 is 2.67 bits per heavy atom. The van der Waals surface area contributed by atoms with Crippen molar-refractivity contribution >= 4 is 5.69 Å². The number of benzene rings is 1. The molecule has 2 nitrogen and oxygen atoms in total. The molecule has 0 fully saturated rings. The molecule has 0 atom stereocenters. The third kappa shape index (κ3) is 2.45. The molecular weight excluding hydrogens is 198 g/mol. The number of anilines is 1. The first kappa shape index (κ1) is 11.0. The summed E-state index contributed by atoms with van der Waals surface area (Å²) in [5.74, 6) is 3.09. The molecule has 0 heterocycles. The van der Waals surface area contributed by atoms with E-state index in [0.717, 1.165) is 0 Å². The summed E-state index contributed by atoms with van der Waals surface area (Å²) in [6.07, 6.45) is 0. The van der Waals surface area contributed by atoms with E-state index in [1.54, 1.807) is 13.0 Å². The molecule has 0 amide bonds. The first-order valence-electron chi connectivity index (χ1n) is 4.22. The van der Waals surface area contributed by atoms with Crippen molar-refractivity contribution in [2.24, 2.45) is 0 Å². The highest BCUT2D eigenvalue weighted by Crippen LogP contribution is 2.19. The summed E-state index contributed by atoms with van der Waals surface area (Å²) in [4.78, 5) is 0. The highest BCUT2D eigenvalue weighted by atomic mass is 19.2. The lowest BCUT2D eigenvalue weighted by Crippen LogP contribution is -2.03. The Hall–Kier alpha value is -2.07. The molecule has 0 bridgehead atoms. The van der Waals surface area contributed by atoms with Crippen LogP contribution in [0.4, 0.5) is 14.5 Å². The van der Waals surface area contributed by atoms with Crippen LogP contribution in [0.5, 0.6) is 0 Å². The fourth-order valence-corrected chi connectivity index (χ4v) is 1.00. The minimum atomic E-state index is -1.13. The molecule has 1 N–H and O–H groups in total. The normalized spacial score (nSPS) is 8.67. The topological polar surface area (TPSA) is 35.8 Å². The number of hydrogen-bond acceptors (Lipinski definition) is 2. The van der Waals surface area contributed by atoms with Crippen molar-refractivity contribution in [3.63, 3.8) is 0 Å². The maximum atomic E-state index is 13.2. The van der Waals surface area contributed by atoms with Crippen molar-refractivity contribution in [3.8, 4) is 17.9 Å². The van der Waals surface area contributed by atoms with Gasteiger partial charge in [-0.15, -0.1) is 5.92 Å². The van der Waals surface area contributed by atoms with Crippen LogP contribution in [0.1, 0.15) is 12.5 Å². The summed E-state index contributed by atoms with van der Waals surface area (Å²) in [5.41, 5.74) is -0.297. The second kappa shape index (κ2) is 4.97. The number of nitriles is 1. The summed E-state index contributed by atoms with van der Waals surface area (Å²) < 4.78 is 26.3. The minimum Gasteiger partial charge on any atom is -0.372 e. The zero-order chi connectivity index (χ0) is 11.3. The van der Waals surface area contributed by atoms with Crippen LogP contribution in [0.15, 0.2) is 12.1 Å². The Bertz CT molecular complexity index is 464. The van der Waals surface area contributed by atoms with E-state index in [9.17, 15) is 8.78 Å². The summed E-state index contributed by atoms with van der Waals surface area (Å²) >= 11 is 0. The largest absolute Gasteiger partial charge is 0.372 e. The van der Waals surface area contributed by atoms with Crippen molar-refractivity contribution in [1.82, 2.24) is 0 Å². The maximum Gasteiger partial charge on any atom is 0.183 e. The number of nitrogens with one attached hydrogen (secondary N) is 1. The van der Waals surface area contributed by atoms with Crippen LogP contribution >= 0.6 is 0 Å². The van der Waals surface area contributed by atoms with Gasteiger partial charge in [0.25, 0.3) is 0 Å². The van der Waals surface area contributed by atoms with Gasteiger partial charge in [0.05, 0.1) is 17.8 Å². The van der Waals surface area contributed by atoms with E-state index in [2.05, 4.69) is 17.2 Å². The zero-order valence-electron chi connectivity index (χ0n) is 8.06. The van der Waals surface area contributed by atoms with E-state index in [-0.39, 0.29) is 17.8 Å². The van der Waals surface area contributed by atoms with Crippen LogP contribution in [0.3, 0.4) is 0 Å². The number of rotatable bonds is 2. The second-order valence-electron chi connectivity index (χ2n) is 2.68. The molecule has 0 spiro atoms. The first-order valence-corrected chi connectivity index (χ1v) is 4.22. The standard InChI is InChI=1S/C11H8F2N2/c1-2-3-6-15-9-5-4-8(7-14)10(12)11(9)13/h4-5,15H,6H2,1H3. The third-order valence-corrected chi connectivity index (χ3v) is 1.75. The van der Waals surface area contributed by atoms with Crippen LogP contribution in [-0.2, 0) is 0 Å². The molecule has 0 aliphatic rings. The van der Waals surface area contributed by atoms with Crippen molar-refractivity contribution < 1.29 is 8.78 Å². The predicted octanol–water partition coefficient (Wildman–Crippen LogP) is 2.27. The second-order valence-corrected chi connectivity index (χ2v) is 2.68. The molecule has 4 heteroatoms. The summed E-state index contributed by atoms with van der Waals surface area (Å²) in [7, 11) is 0. The lowest BCUT2D eigenvalue weighted by molar-refractivity contribution is 0.509. The highest BCUT2D eigenvalue weighted by Gasteiger charge is 2.12. The molecule has 76 valence electrons. The van der Waals surface area contributed by atoms with Crippen molar-refractivity contribution in [3.05, 3.63) is 29.3 Å². The van der Waals surface area contributed by atoms with Crippen molar-refractivity contribution in [1.29, 1.82) is 5.26 Å². The minimum absolute atomic E-state index is 0.00856. The van der Waals surface area contributed by atoms with E-state index in [0.29, 0.717) is 0 Å². The SMILES string of the molecule is CC#CCNc1ccc(C#N)c(F)c1F. The summed E-state index contributed by atoms with van der Waals surface area (Å²) in [5, 5.41) is 11.1. The number of nitrogens with zero attached hydrogens (tertiary/aromatic N) is 1. The third-order valence-electron chi connectivity index (χ3n) is 1.75. The Morgan fingerprint density at radius 2 is 2.07 bits per heavy atom. The van der Waals surface area contributed by atoms with Crippen LogP contribution in [0.25, 0.3) is 0 Å². The van der Waals surface area contributed by atoms with Gasteiger partial charge in [0.2, 0.25) is 0 Å². The van der Waals surface area contributed by atoms with E-state index in [4.69, 9.17) is 5.26 Å². The van der Waals surface area contributed by atoms with Gasteiger partial charge in [0.1, 0.15) is 6.07 Å². The Balaban J connectivity index is 2.96. The summed E-state index contributed by atoms with van der Waals surface area (Å²) in [6, 6.07) is 4.10. The van der Waals surface area contributed by atoms with E-state index in [1.165, 1.54) is 12.1 Å². The molecule has 0 aliphatic heterocycles. The van der Waals surface area contributed by atoms with Crippen LogP contribution in [-0.4, -0.2) is 6.54 Å². The van der Waals surface area contributed by atoms with Crippen LogP contribution in [0.2, 0.25) is 0 Å². The van der Waals surface area contributed by atoms with Crippen molar-refractivity contribution in [2.45, 2.75) is 6.92 Å². The van der Waals surface area contributed by atoms with Gasteiger partial charge in [-0.05, 0) is 19.1 Å². The lowest BCUT2D eigenvalue weighted by atomic mass is 10.2. The quantitative estimate of drug-likeness (QED) is 0.753. The average Bonchev–Trinajstić information content (AvgIpc) is 2.25. The average molecular weight is 206 g/mol. The monoisotopic (exact) mass is 206 g/mol. The molecule has 1 aromatic carbocycles. The van der Waals surface area contributed by atoms with Crippen LogP contribution < -0.4 is 5.32 Å². The van der Waals surface area contributed by atoms with Gasteiger partial charge in [-0.1, -0.05) is 5.92 Å². The van der Waals surface area contributed by atoms with Crippen LogP contribution in [0, 0.1) is 34.8 Å². The van der Waals surface area contributed by atoms with Gasteiger partial charge in [-0.3, -0.25) is 0 Å². The van der Waals surface area contributed by atoms with E-state index in [1.807, 2.05) is 0 Å². The fourth-order valence-electron chi connectivity index (χ4n) is 1.00. The first-order chi connectivity index (χ1) is 7.20. The molecule has 0 saturated heterocycles. The van der Waals surface area contributed by atoms with Gasteiger partial charge in [-0.25, -0.2) is 8.78 Å². The van der Waals surface area contributed by atoms with Gasteiger partial charge in [0.15, 0.2) is 11.6 Å². The Kier molecular flexibility index (Phi) is 3.65. The van der Waals surface area contributed by atoms with E-state index < -0.39 is 11.6 Å². The van der Waals surface area contributed by atoms with Gasteiger partial charge >= 0.3 is 0 Å². The number of halogens is 2. The highest BCUT2D eigenvalue weighted by molar-refractivity contribution is 5.50. The summed E-state index contributed by atoms with van der Waals surface area (Å²) in [6.45, 7) is 1.89. The molecule has 1 aromatic rings. The van der Waals surface area contributed by atoms with Gasteiger partial charge in [0, 0.05) is 0 Å². The molecule has 1 rings (SSSR count). The molecule has 0 aromatic heterocycles. The van der Waals surface area contributed by atoms with Gasteiger partial charge in [-0.2, -0.15) is 5.26 Å². The smallest absolute Gasteiger partial charge is 0.183 e. The molecule has 0 aliphatic carbocycles. The van der Waals surface area contributed by atoms with E-state index >= 15 is 0 Å². The Morgan fingerprint density at radius 1 is 1.33 bits per heavy atom. The molecule has 0 saturated carbocycles. The zero-order valence-corrected chi connectivity index (χ0v) is 8.06. The fraction of sp³-hybridized carbons (Fsp3) is 0.182. The molecular formula is C11H8F2N2. The van der Waals surface area contributed by atoms with Gasteiger partial charge < -0.3 is 5.32 Å². The molecule has 15 heavy (non-hydrogen) atoms. The Labute approximate surface area is 86.5 Å². The van der Waals surface area contributed by atoms with Crippen molar-refractivity contribution in [2.75, 3.05) is 11.9 Å².